The van der Waals surface area contributed by atoms with E-state index in [-0.39, 0.29) is 18.1 Å². The number of ketones is 1. The standard InChI is InChI=1S/C26H39NO6/c1-16-11-9-7-8-10-12-21(17(2)13-20-15-32-19(4)27-20)33-23(29)14-22(28)26(5,6)25(31)18(3)24(16)30/h8,10,13,15-16,18,21-22,24,28,30H,7,9,11-12,14H2,1-6H3. The minimum atomic E-state index is -1.23. The number of aromatic nitrogens is 1. The molecule has 7 nitrogen and oxygen atoms in total. The molecule has 184 valence electrons. The van der Waals surface area contributed by atoms with Crippen LogP contribution in [0.4, 0.5) is 0 Å². The molecule has 0 amide bonds. The molecule has 0 saturated heterocycles. The minimum absolute atomic E-state index is 0.0491. The van der Waals surface area contributed by atoms with Crippen molar-refractivity contribution >= 4 is 17.8 Å². The summed E-state index contributed by atoms with van der Waals surface area (Å²) < 4.78 is 11.0. The highest BCUT2D eigenvalue weighted by atomic mass is 16.5. The monoisotopic (exact) mass is 461 g/mol. The molecule has 1 aromatic rings. The molecule has 1 aliphatic heterocycles. The number of carbonyl (C=O) groups excluding carboxylic acids is 2. The summed E-state index contributed by atoms with van der Waals surface area (Å²) >= 11 is 0. The van der Waals surface area contributed by atoms with Gasteiger partial charge in [-0.3, -0.25) is 9.59 Å². The SMILES string of the molecule is CC(=Cc1coc(C)n1)C1CC=CCCCC(C)C(O)C(C)C(=O)C(C)(C)C(O)CC(=O)O1. The number of rotatable bonds is 2. The smallest absolute Gasteiger partial charge is 0.309 e. The Kier molecular flexibility index (Phi) is 9.61. The van der Waals surface area contributed by atoms with Crippen LogP contribution in [-0.4, -0.2) is 45.3 Å². The Bertz CT molecular complexity index is 868. The molecule has 2 N–H and O–H groups in total. The topological polar surface area (TPSA) is 110 Å². The molecule has 1 aromatic heterocycles. The Hall–Kier alpha value is -2.25. The summed E-state index contributed by atoms with van der Waals surface area (Å²) in [5.74, 6) is -0.991. The molecule has 2 rings (SSSR count). The molecule has 0 radical (unpaired) electrons. The van der Waals surface area contributed by atoms with E-state index in [0.717, 1.165) is 24.8 Å². The number of aliphatic hydroxyl groups excluding tert-OH is 2. The van der Waals surface area contributed by atoms with Crippen molar-refractivity contribution in [1.82, 2.24) is 4.98 Å². The Morgan fingerprint density at radius 1 is 1.21 bits per heavy atom. The number of hydrogen-bond acceptors (Lipinski definition) is 7. The molecule has 0 aliphatic carbocycles. The lowest BCUT2D eigenvalue weighted by Crippen LogP contribution is -2.45. The fraction of sp³-hybridized carbons (Fsp3) is 0.654. The van der Waals surface area contributed by atoms with Gasteiger partial charge >= 0.3 is 5.97 Å². The van der Waals surface area contributed by atoms with Crippen molar-refractivity contribution in [3.63, 3.8) is 0 Å². The van der Waals surface area contributed by atoms with Crippen LogP contribution in [0, 0.1) is 24.2 Å². The number of oxazole rings is 1. The fourth-order valence-corrected chi connectivity index (χ4v) is 4.18. The molecule has 5 unspecified atom stereocenters. The van der Waals surface area contributed by atoms with Gasteiger partial charge in [-0.25, -0.2) is 4.98 Å². The van der Waals surface area contributed by atoms with Crippen LogP contribution in [0.15, 0.2) is 28.4 Å². The summed E-state index contributed by atoms with van der Waals surface area (Å²) in [6.45, 7) is 10.5. The van der Waals surface area contributed by atoms with Crippen LogP contribution in [0.3, 0.4) is 0 Å². The summed E-state index contributed by atoms with van der Waals surface area (Å²) in [4.78, 5) is 30.1. The maximum Gasteiger partial charge on any atom is 0.309 e. The fourth-order valence-electron chi connectivity index (χ4n) is 4.18. The zero-order valence-corrected chi connectivity index (χ0v) is 20.7. The molecular weight excluding hydrogens is 422 g/mol. The Balaban J connectivity index is 2.27. The van der Waals surface area contributed by atoms with Gasteiger partial charge in [-0.05, 0) is 43.8 Å². The Morgan fingerprint density at radius 2 is 1.91 bits per heavy atom. The predicted molar refractivity (Wildman–Crippen MR) is 126 cm³/mol. The van der Waals surface area contributed by atoms with Crippen LogP contribution >= 0.6 is 0 Å². The van der Waals surface area contributed by atoms with Crippen LogP contribution in [0.2, 0.25) is 0 Å². The average molecular weight is 462 g/mol. The highest BCUT2D eigenvalue weighted by Crippen LogP contribution is 2.32. The maximum absolute atomic E-state index is 13.1. The molecule has 0 saturated carbocycles. The Labute approximate surface area is 196 Å². The summed E-state index contributed by atoms with van der Waals surface area (Å²) in [5, 5.41) is 21.5. The first kappa shape index (κ1) is 27.0. The Morgan fingerprint density at radius 3 is 2.55 bits per heavy atom. The molecule has 7 heteroatoms. The van der Waals surface area contributed by atoms with Crippen molar-refractivity contribution in [3.8, 4) is 0 Å². The van der Waals surface area contributed by atoms with E-state index in [0.29, 0.717) is 18.0 Å². The summed E-state index contributed by atoms with van der Waals surface area (Å²) in [7, 11) is 0. The van der Waals surface area contributed by atoms with Crippen molar-refractivity contribution in [2.45, 2.75) is 92.0 Å². The van der Waals surface area contributed by atoms with Crippen LogP contribution < -0.4 is 0 Å². The van der Waals surface area contributed by atoms with E-state index in [1.54, 1.807) is 34.0 Å². The van der Waals surface area contributed by atoms with Crippen molar-refractivity contribution in [2.75, 3.05) is 0 Å². The third kappa shape index (κ3) is 7.37. The molecule has 1 aliphatic rings. The molecule has 0 fully saturated rings. The van der Waals surface area contributed by atoms with E-state index in [4.69, 9.17) is 9.15 Å². The molecular formula is C26H39NO6. The number of aryl methyl sites for hydroxylation is 1. The number of aliphatic hydroxyl groups is 2. The molecule has 33 heavy (non-hydrogen) atoms. The van der Waals surface area contributed by atoms with Gasteiger partial charge in [0.05, 0.1) is 24.0 Å². The van der Waals surface area contributed by atoms with Crippen molar-refractivity contribution in [2.24, 2.45) is 17.3 Å². The molecule has 5 atom stereocenters. The normalized spacial score (nSPS) is 30.8. The largest absolute Gasteiger partial charge is 0.457 e. The van der Waals surface area contributed by atoms with Gasteiger partial charge in [-0.1, -0.05) is 39.8 Å². The highest BCUT2D eigenvalue weighted by Gasteiger charge is 2.42. The lowest BCUT2D eigenvalue weighted by Gasteiger charge is -2.34. The van der Waals surface area contributed by atoms with E-state index in [1.807, 2.05) is 32.1 Å². The van der Waals surface area contributed by atoms with E-state index in [1.165, 1.54) is 0 Å². The van der Waals surface area contributed by atoms with E-state index in [2.05, 4.69) is 4.98 Å². The molecule has 0 spiro atoms. The number of ether oxygens (including phenoxy) is 1. The summed E-state index contributed by atoms with van der Waals surface area (Å²) in [6.07, 6.45) is 7.50. The number of allylic oxidation sites excluding steroid dienone is 1. The molecule has 0 aromatic carbocycles. The van der Waals surface area contributed by atoms with Gasteiger partial charge in [-0.15, -0.1) is 0 Å². The van der Waals surface area contributed by atoms with Gasteiger partial charge < -0.3 is 19.4 Å². The first-order chi connectivity index (χ1) is 15.4. The summed E-state index contributed by atoms with van der Waals surface area (Å²) in [6, 6.07) is 0. The number of esters is 1. The van der Waals surface area contributed by atoms with Gasteiger partial charge in [-0.2, -0.15) is 0 Å². The quantitative estimate of drug-likeness (QED) is 0.496. The van der Waals surface area contributed by atoms with Crippen molar-refractivity contribution in [1.29, 1.82) is 0 Å². The van der Waals surface area contributed by atoms with E-state index < -0.39 is 35.6 Å². The number of carbonyl (C=O) groups is 2. The van der Waals surface area contributed by atoms with Crippen molar-refractivity contribution in [3.05, 3.63) is 35.6 Å². The van der Waals surface area contributed by atoms with Crippen LogP contribution in [0.1, 0.15) is 78.3 Å². The molecule has 0 bridgehead atoms. The van der Waals surface area contributed by atoms with E-state index in [9.17, 15) is 19.8 Å². The zero-order valence-electron chi connectivity index (χ0n) is 20.7. The van der Waals surface area contributed by atoms with Gasteiger partial charge in [0.15, 0.2) is 5.89 Å². The summed E-state index contributed by atoms with van der Waals surface area (Å²) in [5.41, 5.74) is 0.248. The minimum Gasteiger partial charge on any atom is -0.457 e. The van der Waals surface area contributed by atoms with Gasteiger partial charge in [0.1, 0.15) is 23.8 Å². The van der Waals surface area contributed by atoms with Gasteiger partial charge in [0.2, 0.25) is 0 Å². The highest BCUT2D eigenvalue weighted by molar-refractivity contribution is 5.88. The molecule has 2 heterocycles. The first-order valence-corrected chi connectivity index (χ1v) is 11.8. The maximum atomic E-state index is 13.1. The van der Waals surface area contributed by atoms with Gasteiger partial charge in [0, 0.05) is 19.3 Å². The predicted octanol–water partition coefficient (Wildman–Crippen LogP) is 4.41. The van der Waals surface area contributed by atoms with Crippen LogP contribution in [0.5, 0.6) is 0 Å². The number of nitrogens with zero attached hydrogens (tertiary/aromatic N) is 1. The third-order valence-corrected chi connectivity index (χ3v) is 6.68. The second kappa shape index (κ2) is 11.7. The zero-order chi connectivity index (χ0) is 24.8. The third-order valence-electron chi connectivity index (χ3n) is 6.68. The second-order valence-corrected chi connectivity index (χ2v) is 9.86. The lowest BCUT2D eigenvalue weighted by molar-refractivity contribution is -0.154. The number of hydrogen-bond donors (Lipinski definition) is 2. The number of cyclic esters (lactones) is 1. The second-order valence-electron chi connectivity index (χ2n) is 9.86. The first-order valence-electron chi connectivity index (χ1n) is 11.8. The average Bonchev–Trinajstić information content (AvgIpc) is 3.16. The van der Waals surface area contributed by atoms with Crippen molar-refractivity contribution < 1.29 is 29.0 Å². The number of Topliss-reactive ketones (excluding diaryl/α,β-unsaturated/α-hetero) is 1. The van der Waals surface area contributed by atoms with Gasteiger partial charge in [0.25, 0.3) is 0 Å². The van der Waals surface area contributed by atoms with Crippen LogP contribution in [-0.2, 0) is 14.3 Å². The lowest BCUT2D eigenvalue weighted by atomic mass is 9.73. The van der Waals surface area contributed by atoms with Crippen LogP contribution in [0.25, 0.3) is 6.08 Å². The van der Waals surface area contributed by atoms with E-state index >= 15 is 0 Å².